The number of nitrogens with two attached hydrogens (primary N) is 1. The molecule has 0 saturated heterocycles. The van der Waals surface area contributed by atoms with Gasteiger partial charge in [0.15, 0.2) is 0 Å². The summed E-state index contributed by atoms with van der Waals surface area (Å²) in [6, 6.07) is 14.9. The van der Waals surface area contributed by atoms with Crippen molar-refractivity contribution in [1.29, 1.82) is 0 Å². The van der Waals surface area contributed by atoms with Crippen molar-refractivity contribution in [2.24, 2.45) is 5.73 Å². The Labute approximate surface area is 139 Å². The van der Waals surface area contributed by atoms with E-state index in [1.165, 1.54) is 6.07 Å². The molecular formula is C17H19ClF3NO. The molecule has 0 aliphatic carbocycles. The Hall–Kier alpha value is -1.56. The average Bonchev–Trinajstić information content (AvgIpc) is 2.52. The SMILES string of the molecule is Cl.NCC(COCc1cccc(C(F)(F)F)c1)c1ccccc1. The number of benzene rings is 2. The van der Waals surface area contributed by atoms with Crippen molar-refractivity contribution in [3.8, 4) is 0 Å². The normalized spacial score (nSPS) is 12.5. The van der Waals surface area contributed by atoms with E-state index in [2.05, 4.69) is 0 Å². The second kappa shape index (κ2) is 8.91. The summed E-state index contributed by atoms with van der Waals surface area (Å²) in [5.74, 6) is 0.0343. The summed E-state index contributed by atoms with van der Waals surface area (Å²) in [5, 5.41) is 0. The van der Waals surface area contributed by atoms with Gasteiger partial charge in [0, 0.05) is 12.5 Å². The first-order valence-electron chi connectivity index (χ1n) is 6.99. The summed E-state index contributed by atoms with van der Waals surface area (Å²) >= 11 is 0. The van der Waals surface area contributed by atoms with E-state index in [1.54, 1.807) is 6.07 Å². The maximum Gasteiger partial charge on any atom is 0.416 e. The number of hydrogen-bond acceptors (Lipinski definition) is 2. The molecule has 0 spiro atoms. The number of alkyl halides is 3. The van der Waals surface area contributed by atoms with Crippen molar-refractivity contribution < 1.29 is 17.9 Å². The lowest BCUT2D eigenvalue weighted by molar-refractivity contribution is -0.137. The maximum absolute atomic E-state index is 12.6. The molecule has 6 heteroatoms. The molecule has 0 aliphatic rings. The Kier molecular flexibility index (Phi) is 7.55. The third-order valence-corrected chi connectivity index (χ3v) is 3.40. The number of ether oxygens (including phenoxy) is 1. The third kappa shape index (κ3) is 5.86. The van der Waals surface area contributed by atoms with Gasteiger partial charge in [-0.15, -0.1) is 12.4 Å². The molecule has 126 valence electrons. The van der Waals surface area contributed by atoms with Crippen molar-refractivity contribution in [3.63, 3.8) is 0 Å². The Bertz CT molecular complexity index is 590. The van der Waals surface area contributed by atoms with Crippen molar-refractivity contribution in [3.05, 3.63) is 71.3 Å². The van der Waals surface area contributed by atoms with E-state index in [-0.39, 0.29) is 24.9 Å². The van der Waals surface area contributed by atoms with Gasteiger partial charge in [-0.2, -0.15) is 13.2 Å². The summed E-state index contributed by atoms with van der Waals surface area (Å²) in [5.41, 5.74) is 6.64. The molecule has 2 aromatic carbocycles. The summed E-state index contributed by atoms with van der Waals surface area (Å²) in [6.45, 7) is 0.927. The van der Waals surface area contributed by atoms with E-state index in [0.717, 1.165) is 17.7 Å². The second-order valence-corrected chi connectivity index (χ2v) is 5.06. The summed E-state index contributed by atoms with van der Waals surface area (Å²) < 4.78 is 43.5. The summed E-state index contributed by atoms with van der Waals surface area (Å²) in [6.07, 6.45) is -4.33. The van der Waals surface area contributed by atoms with E-state index in [0.29, 0.717) is 18.7 Å². The van der Waals surface area contributed by atoms with E-state index in [9.17, 15) is 13.2 Å². The van der Waals surface area contributed by atoms with Crippen LogP contribution in [0.1, 0.15) is 22.6 Å². The van der Waals surface area contributed by atoms with Crippen molar-refractivity contribution >= 4 is 12.4 Å². The molecule has 1 unspecified atom stereocenters. The van der Waals surface area contributed by atoms with Crippen LogP contribution in [-0.2, 0) is 17.5 Å². The molecule has 2 nitrogen and oxygen atoms in total. The van der Waals surface area contributed by atoms with Crippen LogP contribution >= 0.6 is 12.4 Å². The fourth-order valence-corrected chi connectivity index (χ4v) is 2.18. The van der Waals surface area contributed by atoms with Crippen LogP contribution in [0.15, 0.2) is 54.6 Å². The maximum atomic E-state index is 12.6. The number of rotatable bonds is 6. The van der Waals surface area contributed by atoms with Gasteiger partial charge in [0.2, 0.25) is 0 Å². The average molecular weight is 346 g/mol. The Morgan fingerprint density at radius 2 is 1.70 bits per heavy atom. The van der Waals surface area contributed by atoms with Crippen LogP contribution in [0.3, 0.4) is 0 Å². The van der Waals surface area contributed by atoms with Gasteiger partial charge >= 0.3 is 6.18 Å². The molecule has 2 aromatic rings. The van der Waals surface area contributed by atoms with Gasteiger partial charge in [-0.3, -0.25) is 0 Å². The first kappa shape index (κ1) is 19.5. The zero-order valence-electron chi connectivity index (χ0n) is 12.4. The zero-order chi connectivity index (χ0) is 16.0. The second-order valence-electron chi connectivity index (χ2n) is 5.06. The highest BCUT2D eigenvalue weighted by Gasteiger charge is 2.30. The van der Waals surface area contributed by atoms with E-state index in [4.69, 9.17) is 10.5 Å². The quantitative estimate of drug-likeness (QED) is 0.843. The summed E-state index contributed by atoms with van der Waals surface area (Å²) in [4.78, 5) is 0. The lowest BCUT2D eigenvalue weighted by Crippen LogP contribution is -2.18. The highest BCUT2D eigenvalue weighted by Crippen LogP contribution is 2.29. The Morgan fingerprint density at radius 1 is 1.00 bits per heavy atom. The van der Waals surface area contributed by atoms with Gasteiger partial charge in [0.1, 0.15) is 0 Å². The van der Waals surface area contributed by atoms with Crippen LogP contribution < -0.4 is 5.73 Å². The molecule has 2 rings (SSSR count). The van der Waals surface area contributed by atoms with Gasteiger partial charge in [-0.1, -0.05) is 42.5 Å². The molecule has 0 heterocycles. The molecule has 1 atom stereocenters. The first-order chi connectivity index (χ1) is 10.5. The van der Waals surface area contributed by atoms with Crippen LogP contribution in [0.4, 0.5) is 13.2 Å². The van der Waals surface area contributed by atoms with Crippen LogP contribution in [0.2, 0.25) is 0 Å². The molecule has 2 N–H and O–H groups in total. The van der Waals surface area contributed by atoms with Crippen molar-refractivity contribution in [2.75, 3.05) is 13.2 Å². The molecule has 23 heavy (non-hydrogen) atoms. The highest BCUT2D eigenvalue weighted by molar-refractivity contribution is 5.85. The van der Waals surface area contributed by atoms with Crippen molar-refractivity contribution in [1.82, 2.24) is 0 Å². The minimum atomic E-state index is -4.33. The summed E-state index contributed by atoms with van der Waals surface area (Å²) in [7, 11) is 0. The van der Waals surface area contributed by atoms with E-state index >= 15 is 0 Å². The zero-order valence-corrected chi connectivity index (χ0v) is 13.2. The van der Waals surface area contributed by atoms with Gasteiger partial charge < -0.3 is 10.5 Å². The van der Waals surface area contributed by atoms with Gasteiger partial charge in [0.25, 0.3) is 0 Å². The Morgan fingerprint density at radius 3 is 2.30 bits per heavy atom. The van der Waals surface area contributed by atoms with Gasteiger partial charge in [0.05, 0.1) is 18.8 Å². The lowest BCUT2D eigenvalue weighted by atomic mass is 10.0. The molecule has 0 aromatic heterocycles. The predicted molar refractivity (Wildman–Crippen MR) is 86.6 cm³/mol. The fourth-order valence-electron chi connectivity index (χ4n) is 2.18. The topological polar surface area (TPSA) is 35.2 Å². The molecule has 0 aliphatic heterocycles. The molecular weight excluding hydrogens is 327 g/mol. The standard InChI is InChI=1S/C17H18F3NO.ClH/c18-17(19,20)16-8-4-5-13(9-16)11-22-12-15(10-21)14-6-2-1-3-7-14;/h1-9,15H,10-12,21H2;1H. The molecule has 0 amide bonds. The fraction of sp³-hybridized carbons (Fsp3) is 0.294. The first-order valence-corrected chi connectivity index (χ1v) is 6.99. The smallest absolute Gasteiger partial charge is 0.376 e. The van der Waals surface area contributed by atoms with Crippen LogP contribution in [0.25, 0.3) is 0 Å². The van der Waals surface area contributed by atoms with Gasteiger partial charge in [-0.05, 0) is 23.3 Å². The molecule has 0 saturated carbocycles. The molecule has 0 radical (unpaired) electrons. The van der Waals surface area contributed by atoms with Crippen LogP contribution in [0.5, 0.6) is 0 Å². The largest absolute Gasteiger partial charge is 0.416 e. The molecule has 0 fully saturated rings. The van der Waals surface area contributed by atoms with Crippen LogP contribution in [-0.4, -0.2) is 13.2 Å². The van der Waals surface area contributed by atoms with Crippen molar-refractivity contribution in [2.45, 2.75) is 18.7 Å². The minimum Gasteiger partial charge on any atom is -0.376 e. The lowest BCUT2D eigenvalue weighted by Gasteiger charge is -2.16. The predicted octanol–water partition coefficient (Wildman–Crippen LogP) is 4.39. The Balaban J connectivity index is 0.00000264. The number of hydrogen-bond donors (Lipinski definition) is 1. The van der Waals surface area contributed by atoms with Gasteiger partial charge in [-0.25, -0.2) is 0 Å². The number of halogens is 4. The third-order valence-electron chi connectivity index (χ3n) is 3.40. The highest BCUT2D eigenvalue weighted by atomic mass is 35.5. The van der Waals surface area contributed by atoms with Crippen LogP contribution in [0, 0.1) is 0 Å². The van der Waals surface area contributed by atoms with E-state index < -0.39 is 11.7 Å². The monoisotopic (exact) mass is 345 g/mol. The van der Waals surface area contributed by atoms with E-state index in [1.807, 2.05) is 30.3 Å². The minimum absolute atomic E-state index is 0. The molecule has 0 bridgehead atoms.